The number of anilines is 1. The van der Waals surface area contributed by atoms with E-state index in [0.717, 1.165) is 4.31 Å². The fraction of sp³-hybridized carbons (Fsp3) is 0.263. The Kier molecular flexibility index (Phi) is 5.48. The number of nitrogens with one attached hydrogen (secondary N) is 1. The first kappa shape index (κ1) is 20.0. The number of carbonyl (C=O) groups excluding carboxylic acids is 2. The topological polar surface area (TPSA) is 86.8 Å². The summed E-state index contributed by atoms with van der Waals surface area (Å²) >= 11 is 0. The van der Waals surface area contributed by atoms with Crippen molar-refractivity contribution in [2.45, 2.75) is 17.4 Å². The van der Waals surface area contributed by atoms with Crippen LogP contribution in [0.3, 0.4) is 0 Å². The molecular formula is C19H20FN3O4S. The van der Waals surface area contributed by atoms with Crippen LogP contribution in [-0.4, -0.2) is 51.2 Å². The van der Waals surface area contributed by atoms with E-state index in [2.05, 4.69) is 5.32 Å². The molecule has 0 radical (unpaired) electrons. The van der Waals surface area contributed by atoms with Crippen LogP contribution in [0, 0.1) is 5.82 Å². The summed E-state index contributed by atoms with van der Waals surface area (Å²) in [4.78, 5) is 26.2. The monoisotopic (exact) mass is 405 g/mol. The summed E-state index contributed by atoms with van der Waals surface area (Å²) < 4.78 is 38.6. The molecule has 0 bridgehead atoms. The average molecular weight is 405 g/mol. The molecule has 1 heterocycles. The van der Waals surface area contributed by atoms with Crippen LogP contribution in [0.2, 0.25) is 0 Å². The highest BCUT2D eigenvalue weighted by Crippen LogP contribution is 2.22. The fourth-order valence-corrected chi connectivity index (χ4v) is 3.86. The van der Waals surface area contributed by atoms with E-state index >= 15 is 0 Å². The van der Waals surface area contributed by atoms with Crippen molar-refractivity contribution >= 4 is 27.5 Å². The quantitative estimate of drug-likeness (QED) is 0.819. The van der Waals surface area contributed by atoms with Gasteiger partial charge in [0, 0.05) is 38.3 Å². The van der Waals surface area contributed by atoms with Crippen LogP contribution in [0.5, 0.6) is 0 Å². The highest BCUT2D eigenvalue weighted by Gasteiger charge is 2.32. The molecule has 1 aliphatic heterocycles. The lowest BCUT2D eigenvalue weighted by atomic mass is 10.2. The molecule has 1 atom stereocenters. The first-order valence-electron chi connectivity index (χ1n) is 8.58. The number of nitrogens with zero attached hydrogens (tertiary/aromatic N) is 2. The number of hydrogen-bond donors (Lipinski definition) is 1. The van der Waals surface area contributed by atoms with Gasteiger partial charge in [0.25, 0.3) is 5.91 Å². The molecule has 28 heavy (non-hydrogen) atoms. The number of sulfonamides is 1. The molecule has 2 aromatic carbocycles. The van der Waals surface area contributed by atoms with E-state index in [1.54, 1.807) is 6.07 Å². The summed E-state index contributed by atoms with van der Waals surface area (Å²) in [6.45, 7) is 0.237. The second-order valence-corrected chi connectivity index (χ2v) is 8.82. The third-order valence-corrected chi connectivity index (χ3v) is 6.30. The zero-order valence-electron chi connectivity index (χ0n) is 15.4. The molecule has 1 saturated heterocycles. The molecule has 0 saturated carbocycles. The van der Waals surface area contributed by atoms with Crippen molar-refractivity contribution < 1.29 is 22.4 Å². The van der Waals surface area contributed by atoms with Gasteiger partial charge in [-0.05, 0) is 42.5 Å². The number of amides is 2. The third-order valence-electron chi connectivity index (χ3n) is 4.48. The summed E-state index contributed by atoms with van der Waals surface area (Å²) in [7, 11) is -0.715. The molecule has 2 aromatic rings. The Morgan fingerprint density at radius 3 is 2.46 bits per heavy atom. The molecule has 1 unspecified atom stereocenters. The van der Waals surface area contributed by atoms with Gasteiger partial charge >= 0.3 is 0 Å². The molecule has 148 valence electrons. The van der Waals surface area contributed by atoms with Gasteiger partial charge in [0.15, 0.2) is 0 Å². The van der Waals surface area contributed by atoms with Crippen molar-refractivity contribution in [2.24, 2.45) is 0 Å². The normalized spacial score (nSPS) is 17.2. The van der Waals surface area contributed by atoms with E-state index < -0.39 is 27.8 Å². The Labute approximate surface area is 162 Å². The van der Waals surface area contributed by atoms with Gasteiger partial charge in [0.1, 0.15) is 5.82 Å². The molecule has 0 aromatic heterocycles. The van der Waals surface area contributed by atoms with Crippen LogP contribution >= 0.6 is 0 Å². The van der Waals surface area contributed by atoms with Crippen molar-refractivity contribution in [3.05, 3.63) is 59.9 Å². The van der Waals surface area contributed by atoms with E-state index in [1.165, 1.54) is 61.5 Å². The molecule has 1 aliphatic rings. The summed E-state index contributed by atoms with van der Waals surface area (Å²) in [5, 5.41) is 2.77. The van der Waals surface area contributed by atoms with Crippen LogP contribution in [0.25, 0.3) is 0 Å². The Bertz CT molecular complexity index is 1010. The molecule has 3 rings (SSSR count). The van der Waals surface area contributed by atoms with E-state index in [4.69, 9.17) is 0 Å². The van der Waals surface area contributed by atoms with Gasteiger partial charge < -0.3 is 10.2 Å². The summed E-state index contributed by atoms with van der Waals surface area (Å²) in [6, 6.07) is 10.9. The average Bonchev–Trinajstić information content (AvgIpc) is 3.01. The summed E-state index contributed by atoms with van der Waals surface area (Å²) in [5.74, 6) is -1.05. The SMILES string of the molecule is CN(C)S(=O)(=O)c1ccc(C(=O)NC2CC(=O)N(c3cccc(F)c3)C2)cc1. The van der Waals surface area contributed by atoms with Gasteiger partial charge in [-0.15, -0.1) is 0 Å². The second kappa shape index (κ2) is 7.69. The van der Waals surface area contributed by atoms with Crippen LogP contribution in [-0.2, 0) is 14.8 Å². The van der Waals surface area contributed by atoms with Gasteiger partial charge in [-0.3, -0.25) is 9.59 Å². The standard InChI is InChI=1S/C19H20FN3O4S/c1-22(2)28(26,27)17-8-6-13(7-9-17)19(25)21-15-11-18(24)23(12-15)16-5-3-4-14(20)10-16/h3-10,15H,11-12H2,1-2H3,(H,21,25). The smallest absolute Gasteiger partial charge is 0.251 e. The van der Waals surface area contributed by atoms with Gasteiger partial charge in [0.05, 0.1) is 10.9 Å². The van der Waals surface area contributed by atoms with E-state index in [0.29, 0.717) is 5.69 Å². The minimum atomic E-state index is -3.57. The largest absolute Gasteiger partial charge is 0.347 e. The lowest BCUT2D eigenvalue weighted by molar-refractivity contribution is -0.117. The zero-order chi connectivity index (χ0) is 20.5. The first-order chi connectivity index (χ1) is 13.2. The van der Waals surface area contributed by atoms with Crippen molar-refractivity contribution in [3.8, 4) is 0 Å². The number of rotatable bonds is 5. The van der Waals surface area contributed by atoms with Gasteiger partial charge in [-0.2, -0.15) is 0 Å². The van der Waals surface area contributed by atoms with Gasteiger partial charge in [0.2, 0.25) is 15.9 Å². The number of carbonyl (C=O) groups is 2. The van der Waals surface area contributed by atoms with Crippen LogP contribution < -0.4 is 10.2 Å². The molecule has 1 N–H and O–H groups in total. The Morgan fingerprint density at radius 2 is 1.86 bits per heavy atom. The lowest BCUT2D eigenvalue weighted by Crippen LogP contribution is -2.37. The molecule has 1 fully saturated rings. The molecule has 9 heteroatoms. The minimum absolute atomic E-state index is 0.0855. The fourth-order valence-electron chi connectivity index (χ4n) is 2.96. The molecule has 0 spiro atoms. The highest BCUT2D eigenvalue weighted by atomic mass is 32.2. The zero-order valence-corrected chi connectivity index (χ0v) is 16.2. The number of hydrogen-bond acceptors (Lipinski definition) is 4. The van der Waals surface area contributed by atoms with Crippen LogP contribution in [0.4, 0.5) is 10.1 Å². The molecule has 7 nitrogen and oxygen atoms in total. The minimum Gasteiger partial charge on any atom is -0.347 e. The molecule has 0 aliphatic carbocycles. The number of halogens is 1. The van der Waals surface area contributed by atoms with E-state index in [9.17, 15) is 22.4 Å². The maximum Gasteiger partial charge on any atom is 0.251 e. The van der Waals surface area contributed by atoms with Crippen molar-refractivity contribution in [3.63, 3.8) is 0 Å². The Balaban J connectivity index is 1.68. The maximum absolute atomic E-state index is 13.4. The highest BCUT2D eigenvalue weighted by molar-refractivity contribution is 7.89. The summed E-state index contributed by atoms with van der Waals surface area (Å²) in [6.07, 6.45) is 0.106. The first-order valence-corrected chi connectivity index (χ1v) is 10.0. The van der Waals surface area contributed by atoms with Crippen LogP contribution in [0.15, 0.2) is 53.4 Å². The third kappa shape index (κ3) is 4.05. The maximum atomic E-state index is 13.4. The predicted octanol–water partition coefficient (Wildman–Crippen LogP) is 1.61. The van der Waals surface area contributed by atoms with E-state index in [-0.39, 0.29) is 29.3 Å². The van der Waals surface area contributed by atoms with Crippen LogP contribution in [0.1, 0.15) is 16.8 Å². The predicted molar refractivity (Wildman–Crippen MR) is 102 cm³/mol. The van der Waals surface area contributed by atoms with Gasteiger partial charge in [-0.25, -0.2) is 17.1 Å². The van der Waals surface area contributed by atoms with Gasteiger partial charge in [-0.1, -0.05) is 6.07 Å². The second-order valence-electron chi connectivity index (χ2n) is 6.67. The van der Waals surface area contributed by atoms with Crippen molar-refractivity contribution in [2.75, 3.05) is 25.5 Å². The lowest BCUT2D eigenvalue weighted by Gasteiger charge is -2.17. The summed E-state index contributed by atoms with van der Waals surface area (Å²) in [5.41, 5.74) is 0.731. The Hall–Kier alpha value is -2.78. The van der Waals surface area contributed by atoms with Crippen molar-refractivity contribution in [1.29, 1.82) is 0 Å². The Morgan fingerprint density at radius 1 is 1.18 bits per heavy atom. The molecular weight excluding hydrogens is 385 g/mol. The number of benzene rings is 2. The van der Waals surface area contributed by atoms with Crippen molar-refractivity contribution in [1.82, 2.24) is 9.62 Å². The molecule has 2 amide bonds. The van der Waals surface area contributed by atoms with E-state index in [1.807, 2.05) is 0 Å².